The summed E-state index contributed by atoms with van der Waals surface area (Å²) in [4.78, 5) is 18.0. The van der Waals surface area contributed by atoms with Crippen LogP contribution in [0.3, 0.4) is 0 Å². The Hall–Kier alpha value is -2.29. The van der Waals surface area contributed by atoms with Crippen LogP contribution in [-0.2, 0) is 16.6 Å². The number of rotatable bonds is 4. The normalized spacial score (nSPS) is 18.5. The Labute approximate surface area is 186 Å². The van der Waals surface area contributed by atoms with Gasteiger partial charge in [0.15, 0.2) is 4.80 Å². The predicted molar refractivity (Wildman–Crippen MR) is 124 cm³/mol. The molecule has 1 fully saturated rings. The number of benzene rings is 2. The molecule has 0 N–H and O–H groups in total. The van der Waals surface area contributed by atoms with Crippen LogP contribution in [0.2, 0.25) is 0 Å². The molecule has 3 aromatic rings. The van der Waals surface area contributed by atoms with Crippen LogP contribution in [-0.4, -0.2) is 36.3 Å². The molecule has 0 spiro atoms. The minimum Gasteiger partial charge on any atom is -0.317 e. The fourth-order valence-corrected chi connectivity index (χ4v) is 6.79. The van der Waals surface area contributed by atoms with Gasteiger partial charge >= 0.3 is 0 Å². The summed E-state index contributed by atoms with van der Waals surface area (Å²) >= 11 is 1.48. The molecule has 8 heteroatoms. The summed E-state index contributed by atoms with van der Waals surface area (Å²) in [5, 5.41) is 0. The van der Waals surface area contributed by atoms with E-state index in [1.54, 1.807) is 16.4 Å². The molecule has 0 bridgehead atoms. The number of sulfonamides is 1. The summed E-state index contributed by atoms with van der Waals surface area (Å²) in [5.41, 5.74) is 2.60. The summed E-state index contributed by atoms with van der Waals surface area (Å²) < 4.78 is 30.5. The Morgan fingerprint density at radius 2 is 1.94 bits per heavy atom. The molecule has 1 aromatic heterocycles. The zero-order chi connectivity index (χ0) is 22.2. The molecule has 31 heavy (non-hydrogen) atoms. The van der Waals surface area contributed by atoms with Crippen molar-refractivity contribution in [1.29, 1.82) is 0 Å². The Bertz CT molecular complexity index is 1290. The second-order valence-corrected chi connectivity index (χ2v) is 11.1. The van der Waals surface area contributed by atoms with Gasteiger partial charge in [-0.3, -0.25) is 4.79 Å². The van der Waals surface area contributed by atoms with Gasteiger partial charge in [0.1, 0.15) is 0 Å². The topological polar surface area (TPSA) is 71.7 Å². The zero-order valence-electron chi connectivity index (χ0n) is 18.0. The number of carbonyl (C=O) groups excluding carboxylic acids is 1. The number of hydrogen-bond donors (Lipinski definition) is 0. The third kappa shape index (κ3) is 4.37. The number of nitrogens with zero attached hydrogens (tertiary/aromatic N) is 3. The van der Waals surface area contributed by atoms with Crippen LogP contribution >= 0.6 is 11.3 Å². The highest BCUT2D eigenvalue weighted by molar-refractivity contribution is 7.89. The van der Waals surface area contributed by atoms with Gasteiger partial charge in [-0.2, -0.15) is 9.30 Å². The fourth-order valence-electron chi connectivity index (χ4n) is 4.01. The first-order valence-electron chi connectivity index (χ1n) is 10.6. The first-order valence-corrected chi connectivity index (χ1v) is 12.8. The Morgan fingerprint density at radius 1 is 1.19 bits per heavy atom. The lowest BCUT2D eigenvalue weighted by atomic mass is 10.0. The van der Waals surface area contributed by atoms with Crippen LogP contribution in [0.4, 0.5) is 0 Å². The van der Waals surface area contributed by atoms with Crippen LogP contribution < -0.4 is 4.80 Å². The lowest BCUT2D eigenvalue weighted by molar-refractivity contribution is 0.0997. The summed E-state index contributed by atoms with van der Waals surface area (Å²) in [7, 11) is -3.54. The molecule has 4 rings (SSSR count). The number of hydrogen-bond acceptors (Lipinski definition) is 4. The molecule has 164 valence electrons. The highest BCUT2D eigenvalue weighted by Crippen LogP contribution is 2.24. The molecule has 0 unspecified atom stereocenters. The van der Waals surface area contributed by atoms with Crippen LogP contribution in [0.5, 0.6) is 0 Å². The Morgan fingerprint density at radius 3 is 2.61 bits per heavy atom. The van der Waals surface area contributed by atoms with Gasteiger partial charge in [0.2, 0.25) is 10.0 Å². The van der Waals surface area contributed by atoms with E-state index in [0.717, 1.165) is 28.6 Å². The molecule has 2 heterocycles. The average molecular weight is 458 g/mol. The van der Waals surface area contributed by atoms with E-state index in [-0.39, 0.29) is 10.8 Å². The number of carbonyl (C=O) groups is 1. The number of fused-ring (bicyclic) bond motifs is 1. The van der Waals surface area contributed by atoms with Crippen LogP contribution in [0, 0.1) is 12.8 Å². The van der Waals surface area contributed by atoms with E-state index in [1.165, 1.54) is 23.5 Å². The predicted octanol–water partition coefficient (Wildman–Crippen LogP) is 4.19. The van der Waals surface area contributed by atoms with E-state index in [1.807, 2.05) is 18.4 Å². The summed E-state index contributed by atoms with van der Waals surface area (Å²) in [5.74, 6) is -0.0143. The third-order valence-corrected chi connectivity index (χ3v) is 8.63. The molecular formula is C23H27N3O3S2. The van der Waals surface area contributed by atoms with Crippen molar-refractivity contribution in [2.45, 2.75) is 45.1 Å². The lowest BCUT2D eigenvalue weighted by Gasteiger charge is -2.30. The van der Waals surface area contributed by atoms with E-state index >= 15 is 0 Å². The maximum Gasteiger partial charge on any atom is 0.279 e. The van der Waals surface area contributed by atoms with Gasteiger partial charge < -0.3 is 4.57 Å². The maximum atomic E-state index is 12.9. The monoisotopic (exact) mass is 457 g/mol. The molecule has 1 amide bonds. The Balaban J connectivity index is 1.63. The fraction of sp³-hybridized carbons (Fsp3) is 0.391. The van der Waals surface area contributed by atoms with Crippen molar-refractivity contribution in [3.63, 3.8) is 0 Å². The summed E-state index contributed by atoms with van der Waals surface area (Å²) in [6, 6.07) is 12.3. The number of amides is 1. The zero-order valence-corrected chi connectivity index (χ0v) is 19.7. The molecule has 0 saturated carbocycles. The molecule has 0 radical (unpaired) electrons. The molecule has 2 aromatic carbocycles. The number of aryl methyl sites for hydroxylation is 2. The standard InChI is InChI=1S/C23H27N3O3S2/c1-4-26-20-12-7-16(2)14-21(20)30-23(26)24-22(27)18-8-10-19(11-9-18)31(28,29)25-13-5-6-17(3)15-25/h7-12,14,17H,4-6,13,15H2,1-3H3/t17-/m0/s1. The summed E-state index contributed by atoms with van der Waals surface area (Å²) in [6.07, 6.45) is 1.93. The van der Waals surface area contributed by atoms with Crippen LogP contribution in [0.15, 0.2) is 52.4 Å². The van der Waals surface area contributed by atoms with Crippen molar-refractivity contribution in [1.82, 2.24) is 8.87 Å². The highest BCUT2D eigenvalue weighted by atomic mass is 32.2. The van der Waals surface area contributed by atoms with E-state index in [4.69, 9.17) is 0 Å². The third-order valence-electron chi connectivity index (χ3n) is 5.71. The molecule has 1 aliphatic rings. The van der Waals surface area contributed by atoms with Gasteiger partial charge in [-0.1, -0.05) is 24.3 Å². The molecular weight excluding hydrogens is 430 g/mol. The molecule has 6 nitrogen and oxygen atoms in total. The quantitative estimate of drug-likeness (QED) is 0.590. The van der Waals surface area contributed by atoms with Crippen molar-refractivity contribution in [2.75, 3.05) is 13.1 Å². The SMILES string of the molecule is CCn1c(=NC(=O)c2ccc(S(=O)(=O)N3CCC[C@H](C)C3)cc2)sc2cc(C)ccc21. The smallest absolute Gasteiger partial charge is 0.279 e. The van der Waals surface area contributed by atoms with E-state index < -0.39 is 10.0 Å². The van der Waals surface area contributed by atoms with Crippen molar-refractivity contribution in [3.8, 4) is 0 Å². The second-order valence-electron chi connectivity index (χ2n) is 8.15. The first-order chi connectivity index (χ1) is 14.8. The van der Waals surface area contributed by atoms with Crippen LogP contribution in [0.1, 0.15) is 42.6 Å². The van der Waals surface area contributed by atoms with E-state index in [2.05, 4.69) is 30.1 Å². The van der Waals surface area contributed by atoms with Gasteiger partial charge in [0.25, 0.3) is 5.91 Å². The lowest BCUT2D eigenvalue weighted by Crippen LogP contribution is -2.39. The molecule has 1 saturated heterocycles. The van der Waals surface area contributed by atoms with Gasteiger partial charge in [0, 0.05) is 25.2 Å². The van der Waals surface area contributed by atoms with E-state index in [9.17, 15) is 13.2 Å². The van der Waals surface area contributed by atoms with Gasteiger partial charge in [0.05, 0.1) is 15.1 Å². The highest BCUT2D eigenvalue weighted by Gasteiger charge is 2.28. The maximum absolute atomic E-state index is 12.9. The second kappa shape index (κ2) is 8.68. The molecule has 1 aliphatic heterocycles. The number of piperidine rings is 1. The van der Waals surface area contributed by atoms with Gasteiger partial charge in [-0.05, 0) is 74.6 Å². The minimum atomic E-state index is -3.54. The van der Waals surface area contributed by atoms with E-state index in [0.29, 0.717) is 35.9 Å². The minimum absolute atomic E-state index is 0.221. The number of aromatic nitrogens is 1. The van der Waals surface area contributed by atoms with Crippen LogP contribution in [0.25, 0.3) is 10.2 Å². The summed E-state index contributed by atoms with van der Waals surface area (Å²) in [6.45, 7) is 7.93. The van der Waals surface area contributed by atoms with Crippen molar-refractivity contribution < 1.29 is 13.2 Å². The van der Waals surface area contributed by atoms with Crippen molar-refractivity contribution in [2.24, 2.45) is 10.9 Å². The van der Waals surface area contributed by atoms with Gasteiger partial charge in [-0.25, -0.2) is 8.42 Å². The number of thiazole rings is 1. The average Bonchev–Trinajstić information content (AvgIpc) is 3.09. The first kappa shape index (κ1) is 21.9. The van der Waals surface area contributed by atoms with Gasteiger partial charge in [-0.15, -0.1) is 0 Å². The largest absolute Gasteiger partial charge is 0.317 e. The van der Waals surface area contributed by atoms with Crippen molar-refractivity contribution in [3.05, 3.63) is 58.4 Å². The van der Waals surface area contributed by atoms with Crippen molar-refractivity contribution >= 4 is 37.5 Å². The Kier molecular flexibility index (Phi) is 6.14. The molecule has 1 atom stereocenters. The molecule has 0 aliphatic carbocycles.